The highest BCUT2D eigenvalue weighted by atomic mass is 79.9. The lowest BCUT2D eigenvalue weighted by molar-refractivity contribution is 0.209. The van der Waals surface area contributed by atoms with Crippen molar-refractivity contribution in [2.75, 3.05) is 11.9 Å². The first kappa shape index (κ1) is 18.7. The third-order valence-electron chi connectivity index (χ3n) is 3.99. The summed E-state index contributed by atoms with van der Waals surface area (Å²) < 4.78 is 0.968. The van der Waals surface area contributed by atoms with E-state index in [4.69, 9.17) is 11.6 Å². The Bertz CT molecular complexity index is 915. The number of amides is 2. The summed E-state index contributed by atoms with van der Waals surface area (Å²) in [5.41, 5.74) is 2.44. The van der Waals surface area contributed by atoms with Crippen LogP contribution in [-0.2, 0) is 6.54 Å². The van der Waals surface area contributed by atoms with Crippen LogP contribution in [0.2, 0.25) is 5.15 Å². The largest absolute Gasteiger partial charge is 0.322 e. The fourth-order valence-corrected chi connectivity index (χ4v) is 3.18. The molecule has 4 nitrogen and oxygen atoms in total. The smallest absolute Gasteiger partial charge is 0.320 e. The van der Waals surface area contributed by atoms with Crippen LogP contribution in [0.25, 0.3) is 10.9 Å². The lowest BCUT2D eigenvalue weighted by Crippen LogP contribution is -2.35. The Balaban J connectivity index is 1.80. The monoisotopic (exact) mass is 431 g/mol. The van der Waals surface area contributed by atoms with Crippen LogP contribution in [0.4, 0.5) is 10.5 Å². The van der Waals surface area contributed by atoms with Crippen molar-refractivity contribution in [2.45, 2.75) is 19.9 Å². The third kappa shape index (κ3) is 4.54. The van der Waals surface area contributed by atoms with Gasteiger partial charge in [-0.15, -0.1) is 0 Å². The van der Waals surface area contributed by atoms with Crippen molar-refractivity contribution in [1.29, 1.82) is 0 Å². The summed E-state index contributed by atoms with van der Waals surface area (Å²) in [6.45, 7) is 3.08. The van der Waals surface area contributed by atoms with E-state index >= 15 is 0 Å². The molecule has 0 aliphatic carbocycles. The maximum atomic E-state index is 12.7. The zero-order valence-electron chi connectivity index (χ0n) is 14.4. The summed E-state index contributed by atoms with van der Waals surface area (Å²) in [6, 6.07) is 17.2. The molecule has 0 spiro atoms. The van der Waals surface area contributed by atoms with Crippen molar-refractivity contribution in [2.24, 2.45) is 0 Å². The minimum atomic E-state index is -0.154. The average molecular weight is 433 g/mol. The van der Waals surface area contributed by atoms with E-state index in [0.717, 1.165) is 33.0 Å². The fourth-order valence-electron chi connectivity index (χ4n) is 2.71. The van der Waals surface area contributed by atoms with E-state index in [2.05, 4.69) is 26.2 Å². The normalized spacial score (nSPS) is 10.7. The first-order valence-electron chi connectivity index (χ1n) is 8.42. The zero-order valence-corrected chi connectivity index (χ0v) is 16.7. The van der Waals surface area contributed by atoms with Crippen LogP contribution in [0, 0.1) is 0 Å². The number of anilines is 1. The van der Waals surface area contributed by atoms with Gasteiger partial charge >= 0.3 is 6.03 Å². The number of carbonyl (C=O) groups excluding carboxylic acids is 1. The number of carbonyl (C=O) groups is 1. The molecule has 0 radical (unpaired) electrons. The van der Waals surface area contributed by atoms with Crippen molar-refractivity contribution in [1.82, 2.24) is 9.88 Å². The Hall–Kier alpha value is -2.11. The lowest BCUT2D eigenvalue weighted by atomic mass is 10.1. The van der Waals surface area contributed by atoms with Gasteiger partial charge in [0.15, 0.2) is 0 Å². The Morgan fingerprint density at radius 2 is 1.92 bits per heavy atom. The summed E-state index contributed by atoms with van der Waals surface area (Å²) in [7, 11) is 0. The number of rotatable bonds is 5. The van der Waals surface area contributed by atoms with Crippen LogP contribution in [0.3, 0.4) is 0 Å². The fraction of sp³-hybridized carbons (Fsp3) is 0.200. The maximum absolute atomic E-state index is 12.7. The molecule has 0 aliphatic rings. The van der Waals surface area contributed by atoms with Crippen molar-refractivity contribution < 1.29 is 4.79 Å². The van der Waals surface area contributed by atoms with E-state index in [1.54, 1.807) is 4.90 Å². The minimum absolute atomic E-state index is 0.154. The molecule has 0 fully saturated rings. The zero-order chi connectivity index (χ0) is 18.5. The molecule has 0 unspecified atom stereocenters. The van der Waals surface area contributed by atoms with Gasteiger partial charge in [0.1, 0.15) is 5.15 Å². The molecule has 26 heavy (non-hydrogen) atoms. The van der Waals surface area contributed by atoms with Crippen LogP contribution in [0.15, 0.2) is 59.1 Å². The predicted octanol–water partition coefficient (Wildman–Crippen LogP) is 6.09. The van der Waals surface area contributed by atoms with Gasteiger partial charge in [-0.2, -0.15) is 0 Å². The summed E-state index contributed by atoms with van der Waals surface area (Å²) in [4.78, 5) is 18.9. The van der Waals surface area contributed by atoms with E-state index in [9.17, 15) is 4.79 Å². The molecule has 0 saturated heterocycles. The lowest BCUT2D eigenvalue weighted by Gasteiger charge is -2.23. The van der Waals surface area contributed by atoms with Crippen molar-refractivity contribution in [3.8, 4) is 0 Å². The van der Waals surface area contributed by atoms with E-state index in [1.807, 2.05) is 61.5 Å². The molecule has 1 heterocycles. The van der Waals surface area contributed by atoms with Crippen LogP contribution < -0.4 is 5.32 Å². The molecule has 0 atom stereocenters. The average Bonchev–Trinajstić information content (AvgIpc) is 2.63. The number of aromatic nitrogens is 1. The van der Waals surface area contributed by atoms with E-state index in [0.29, 0.717) is 18.2 Å². The van der Waals surface area contributed by atoms with E-state index in [1.165, 1.54) is 0 Å². The van der Waals surface area contributed by atoms with Crippen molar-refractivity contribution in [3.05, 3.63) is 69.8 Å². The Kier molecular flexibility index (Phi) is 6.12. The topological polar surface area (TPSA) is 45.2 Å². The molecule has 2 amide bonds. The number of nitrogens with zero attached hydrogens (tertiary/aromatic N) is 2. The number of nitrogens with one attached hydrogen (secondary N) is 1. The van der Waals surface area contributed by atoms with Gasteiger partial charge in [0.2, 0.25) is 0 Å². The van der Waals surface area contributed by atoms with Gasteiger partial charge in [-0.05, 0) is 42.8 Å². The van der Waals surface area contributed by atoms with Gasteiger partial charge in [0.05, 0.1) is 12.1 Å². The predicted molar refractivity (Wildman–Crippen MR) is 111 cm³/mol. The van der Waals surface area contributed by atoms with Gasteiger partial charge in [0.25, 0.3) is 0 Å². The molecule has 3 aromatic rings. The minimum Gasteiger partial charge on any atom is -0.320 e. The van der Waals surface area contributed by atoms with Crippen molar-refractivity contribution in [3.63, 3.8) is 0 Å². The van der Waals surface area contributed by atoms with Crippen molar-refractivity contribution >= 4 is 50.2 Å². The Morgan fingerprint density at radius 1 is 1.19 bits per heavy atom. The van der Waals surface area contributed by atoms with Gasteiger partial charge in [0, 0.05) is 27.7 Å². The highest BCUT2D eigenvalue weighted by Gasteiger charge is 2.16. The highest BCUT2D eigenvalue weighted by Crippen LogP contribution is 2.22. The number of benzene rings is 2. The second-order valence-electron chi connectivity index (χ2n) is 5.99. The van der Waals surface area contributed by atoms with Crippen LogP contribution in [-0.4, -0.2) is 22.5 Å². The third-order valence-corrected chi connectivity index (χ3v) is 4.84. The van der Waals surface area contributed by atoms with Gasteiger partial charge in [-0.1, -0.05) is 52.7 Å². The summed E-state index contributed by atoms with van der Waals surface area (Å²) in [5.74, 6) is 0. The Labute approximate surface area is 166 Å². The molecule has 1 N–H and O–H groups in total. The Morgan fingerprint density at radius 3 is 2.65 bits per heavy atom. The molecular formula is C20H19BrClN3O. The van der Waals surface area contributed by atoms with Crippen LogP contribution in [0.5, 0.6) is 0 Å². The number of hydrogen-bond donors (Lipinski definition) is 1. The number of fused-ring (bicyclic) bond motifs is 1. The number of pyridine rings is 1. The second kappa shape index (κ2) is 8.52. The number of para-hydroxylation sites is 1. The molecule has 0 aliphatic heterocycles. The molecule has 6 heteroatoms. The van der Waals surface area contributed by atoms with Gasteiger partial charge < -0.3 is 10.2 Å². The van der Waals surface area contributed by atoms with Crippen LogP contribution in [0.1, 0.15) is 18.9 Å². The standard InChI is InChI=1S/C20H19BrClN3O/c1-2-11-25(20(26)23-17-9-7-16(21)8-10-17)13-15-12-14-5-3-4-6-18(14)24-19(15)22/h3-10,12H,2,11,13H2,1H3,(H,23,26). The second-order valence-corrected chi connectivity index (χ2v) is 7.26. The molecule has 3 rings (SSSR count). The molecule has 2 aromatic carbocycles. The first-order chi connectivity index (χ1) is 12.6. The van der Waals surface area contributed by atoms with Gasteiger partial charge in [-0.25, -0.2) is 9.78 Å². The van der Waals surface area contributed by atoms with E-state index < -0.39 is 0 Å². The van der Waals surface area contributed by atoms with Gasteiger partial charge in [-0.3, -0.25) is 0 Å². The summed E-state index contributed by atoms with van der Waals surface area (Å²) in [5, 5.41) is 4.38. The summed E-state index contributed by atoms with van der Waals surface area (Å²) in [6.07, 6.45) is 0.854. The molecule has 134 valence electrons. The molecular weight excluding hydrogens is 414 g/mol. The number of halogens is 2. The van der Waals surface area contributed by atoms with Crippen LogP contribution >= 0.6 is 27.5 Å². The summed E-state index contributed by atoms with van der Waals surface area (Å²) >= 11 is 9.75. The number of urea groups is 1. The SMILES string of the molecule is CCCN(Cc1cc2ccccc2nc1Cl)C(=O)Nc1ccc(Br)cc1. The molecule has 0 saturated carbocycles. The quantitative estimate of drug-likeness (QED) is 0.495. The maximum Gasteiger partial charge on any atom is 0.322 e. The first-order valence-corrected chi connectivity index (χ1v) is 9.59. The molecule has 0 bridgehead atoms. The molecule has 1 aromatic heterocycles. The number of hydrogen-bond acceptors (Lipinski definition) is 2. The van der Waals surface area contributed by atoms with E-state index in [-0.39, 0.29) is 6.03 Å². The highest BCUT2D eigenvalue weighted by molar-refractivity contribution is 9.10.